The molecule has 0 aliphatic heterocycles. The van der Waals surface area contributed by atoms with Gasteiger partial charge in [0.05, 0.1) is 19.1 Å². The lowest BCUT2D eigenvalue weighted by molar-refractivity contribution is -0.130. The first-order valence-electron chi connectivity index (χ1n) is 6.60. The van der Waals surface area contributed by atoms with E-state index in [1.807, 2.05) is 31.2 Å². The van der Waals surface area contributed by atoms with Crippen LogP contribution in [0.4, 0.5) is 0 Å². The zero-order valence-electron chi connectivity index (χ0n) is 11.9. The third kappa shape index (κ3) is 6.25. The van der Waals surface area contributed by atoms with E-state index in [4.69, 9.17) is 4.74 Å². The van der Waals surface area contributed by atoms with Gasteiger partial charge in [0.1, 0.15) is 5.75 Å². The van der Waals surface area contributed by atoms with Gasteiger partial charge in [0.15, 0.2) is 0 Å². The van der Waals surface area contributed by atoms with Crippen LogP contribution in [0.15, 0.2) is 24.3 Å². The maximum Gasteiger partial charge on any atom is 0.225 e. The molecule has 4 nitrogen and oxygen atoms in total. The summed E-state index contributed by atoms with van der Waals surface area (Å²) in [5, 5.41) is 9.17. The van der Waals surface area contributed by atoms with Gasteiger partial charge in [0.2, 0.25) is 5.91 Å². The highest BCUT2D eigenvalue weighted by molar-refractivity contribution is 5.75. The van der Waals surface area contributed by atoms with Crippen molar-refractivity contribution in [2.75, 3.05) is 20.2 Å². The largest absolute Gasteiger partial charge is 0.493 e. The van der Waals surface area contributed by atoms with Crippen LogP contribution in [0.2, 0.25) is 0 Å². The topological polar surface area (TPSA) is 49.8 Å². The number of aryl methyl sites for hydroxylation is 1. The molecule has 1 unspecified atom stereocenters. The minimum atomic E-state index is -0.376. The van der Waals surface area contributed by atoms with Crippen LogP contribution in [0, 0.1) is 6.92 Å². The molecule has 0 saturated heterocycles. The summed E-state index contributed by atoms with van der Waals surface area (Å²) in [7, 11) is 1.75. The Kier molecular flexibility index (Phi) is 6.36. The van der Waals surface area contributed by atoms with Gasteiger partial charge in [-0.15, -0.1) is 0 Å². The second-order valence-corrected chi connectivity index (χ2v) is 4.87. The van der Waals surface area contributed by atoms with E-state index in [9.17, 15) is 9.90 Å². The van der Waals surface area contributed by atoms with E-state index in [0.29, 0.717) is 26.0 Å². The first kappa shape index (κ1) is 15.5. The van der Waals surface area contributed by atoms with Gasteiger partial charge in [-0.05, 0) is 38.0 Å². The number of hydrogen-bond donors (Lipinski definition) is 1. The van der Waals surface area contributed by atoms with E-state index in [-0.39, 0.29) is 12.0 Å². The van der Waals surface area contributed by atoms with Crippen LogP contribution in [0.3, 0.4) is 0 Å². The minimum Gasteiger partial charge on any atom is -0.493 e. The van der Waals surface area contributed by atoms with Crippen molar-refractivity contribution in [2.45, 2.75) is 32.8 Å². The van der Waals surface area contributed by atoms with Crippen LogP contribution in [-0.4, -0.2) is 42.2 Å². The van der Waals surface area contributed by atoms with Gasteiger partial charge in [-0.2, -0.15) is 0 Å². The number of aliphatic hydroxyl groups is 1. The molecule has 0 bridgehead atoms. The maximum atomic E-state index is 11.8. The molecule has 1 rings (SSSR count). The number of carbonyl (C=O) groups excluding carboxylic acids is 1. The van der Waals surface area contributed by atoms with Gasteiger partial charge in [-0.25, -0.2) is 0 Å². The first-order valence-corrected chi connectivity index (χ1v) is 6.60. The third-order valence-electron chi connectivity index (χ3n) is 2.88. The monoisotopic (exact) mass is 265 g/mol. The fourth-order valence-corrected chi connectivity index (χ4v) is 1.66. The lowest BCUT2D eigenvalue weighted by Gasteiger charge is -2.18. The summed E-state index contributed by atoms with van der Waals surface area (Å²) in [5.74, 6) is 0.827. The molecule has 106 valence electrons. The number of nitrogens with zero attached hydrogens (tertiary/aromatic N) is 1. The van der Waals surface area contributed by atoms with Gasteiger partial charge >= 0.3 is 0 Å². The first-order chi connectivity index (χ1) is 8.99. The van der Waals surface area contributed by atoms with Gasteiger partial charge in [-0.1, -0.05) is 12.1 Å². The molecule has 0 aliphatic carbocycles. The Morgan fingerprint density at radius 2 is 2.21 bits per heavy atom. The van der Waals surface area contributed by atoms with Crippen molar-refractivity contribution in [2.24, 2.45) is 0 Å². The summed E-state index contributed by atoms with van der Waals surface area (Å²) in [6, 6.07) is 7.76. The number of ether oxygens (including phenoxy) is 1. The van der Waals surface area contributed by atoms with Crippen LogP contribution in [0.25, 0.3) is 0 Å². The summed E-state index contributed by atoms with van der Waals surface area (Å²) in [6.45, 7) is 4.67. The van der Waals surface area contributed by atoms with Crippen molar-refractivity contribution < 1.29 is 14.6 Å². The molecule has 1 aromatic rings. The van der Waals surface area contributed by atoms with Crippen molar-refractivity contribution in [3.05, 3.63) is 29.8 Å². The molecule has 0 saturated carbocycles. The lowest BCUT2D eigenvalue weighted by atomic mass is 10.2. The quantitative estimate of drug-likeness (QED) is 0.820. The van der Waals surface area contributed by atoms with E-state index in [0.717, 1.165) is 11.3 Å². The smallest absolute Gasteiger partial charge is 0.225 e. The number of hydrogen-bond acceptors (Lipinski definition) is 3. The van der Waals surface area contributed by atoms with Crippen LogP contribution in [0.1, 0.15) is 25.3 Å². The molecular formula is C15H23NO3. The van der Waals surface area contributed by atoms with Crippen LogP contribution >= 0.6 is 0 Å². The second-order valence-electron chi connectivity index (χ2n) is 4.87. The summed E-state index contributed by atoms with van der Waals surface area (Å²) in [4.78, 5) is 13.4. The van der Waals surface area contributed by atoms with Gasteiger partial charge in [-0.3, -0.25) is 4.79 Å². The number of amides is 1. The SMILES string of the molecule is Cc1cccc(OCCC(=O)N(C)CCC(C)O)c1. The molecule has 19 heavy (non-hydrogen) atoms. The van der Waals surface area contributed by atoms with Crippen LogP contribution in [-0.2, 0) is 4.79 Å². The Balaban J connectivity index is 2.26. The molecule has 1 aromatic carbocycles. The van der Waals surface area contributed by atoms with Crippen molar-refractivity contribution >= 4 is 5.91 Å². The Morgan fingerprint density at radius 1 is 1.47 bits per heavy atom. The molecule has 0 fully saturated rings. The normalized spacial score (nSPS) is 12.0. The fourth-order valence-electron chi connectivity index (χ4n) is 1.66. The maximum absolute atomic E-state index is 11.8. The number of rotatable bonds is 7. The second kappa shape index (κ2) is 7.79. The molecule has 0 radical (unpaired) electrons. The van der Waals surface area contributed by atoms with Crippen molar-refractivity contribution in [3.63, 3.8) is 0 Å². The number of benzene rings is 1. The van der Waals surface area contributed by atoms with Crippen LogP contribution < -0.4 is 4.74 Å². The fraction of sp³-hybridized carbons (Fsp3) is 0.533. The van der Waals surface area contributed by atoms with Gasteiger partial charge < -0.3 is 14.7 Å². The Labute approximate surface area is 115 Å². The predicted octanol–water partition coefficient (Wildman–Crippen LogP) is 1.99. The van der Waals surface area contributed by atoms with E-state index >= 15 is 0 Å². The molecule has 1 amide bonds. The van der Waals surface area contributed by atoms with E-state index in [1.54, 1.807) is 18.9 Å². The molecule has 0 aliphatic rings. The van der Waals surface area contributed by atoms with Crippen molar-refractivity contribution in [1.29, 1.82) is 0 Å². The van der Waals surface area contributed by atoms with Crippen molar-refractivity contribution in [1.82, 2.24) is 4.90 Å². The molecule has 4 heteroatoms. The predicted molar refractivity (Wildman–Crippen MR) is 75.2 cm³/mol. The Morgan fingerprint density at radius 3 is 2.84 bits per heavy atom. The van der Waals surface area contributed by atoms with E-state index in [1.165, 1.54) is 0 Å². The summed E-state index contributed by atoms with van der Waals surface area (Å²) in [6.07, 6.45) is 0.574. The summed E-state index contributed by atoms with van der Waals surface area (Å²) in [5.41, 5.74) is 1.14. The van der Waals surface area contributed by atoms with E-state index in [2.05, 4.69) is 0 Å². The number of aliphatic hydroxyl groups excluding tert-OH is 1. The molecule has 0 heterocycles. The lowest BCUT2D eigenvalue weighted by Crippen LogP contribution is -2.30. The highest BCUT2D eigenvalue weighted by Crippen LogP contribution is 2.12. The zero-order chi connectivity index (χ0) is 14.3. The molecule has 0 aromatic heterocycles. The highest BCUT2D eigenvalue weighted by Gasteiger charge is 2.09. The summed E-state index contributed by atoms with van der Waals surface area (Å²) < 4.78 is 5.54. The molecule has 1 N–H and O–H groups in total. The van der Waals surface area contributed by atoms with E-state index < -0.39 is 0 Å². The Hall–Kier alpha value is -1.55. The zero-order valence-corrected chi connectivity index (χ0v) is 11.9. The molecular weight excluding hydrogens is 242 g/mol. The average molecular weight is 265 g/mol. The van der Waals surface area contributed by atoms with Crippen molar-refractivity contribution in [3.8, 4) is 5.75 Å². The van der Waals surface area contributed by atoms with Gasteiger partial charge in [0, 0.05) is 13.6 Å². The van der Waals surface area contributed by atoms with Gasteiger partial charge in [0.25, 0.3) is 0 Å². The number of carbonyl (C=O) groups is 1. The minimum absolute atomic E-state index is 0.0355. The molecule has 0 spiro atoms. The molecule has 1 atom stereocenters. The highest BCUT2D eigenvalue weighted by atomic mass is 16.5. The standard InChI is InChI=1S/C15H23NO3/c1-12-5-4-6-14(11-12)19-10-8-15(18)16(3)9-7-13(2)17/h4-6,11,13,17H,7-10H2,1-3H3. The average Bonchev–Trinajstić information content (AvgIpc) is 2.35. The van der Waals surface area contributed by atoms with Crippen LogP contribution in [0.5, 0.6) is 5.75 Å². The third-order valence-corrected chi connectivity index (χ3v) is 2.88. The Bertz CT molecular complexity index is 404. The summed E-state index contributed by atoms with van der Waals surface area (Å²) >= 11 is 0.